The van der Waals surface area contributed by atoms with Gasteiger partial charge in [0.25, 0.3) is 0 Å². The maximum atomic E-state index is 12.7. The van der Waals surface area contributed by atoms with E-state index in [1.807, 2.05) is 0 Å². The predicted molar refractivity (Wildman–Crippen MR) is 69.8 cm³/mol. The van der Waals surface area contributed by atoms with Gasteiger partial charge in [0.1, 0.15) is 11.6 Å². The molecule has 1 N–H and O–H groups in total. The van der Waals surface area contributed by atoms with Crippen molar-refractivity contribution >= 4 is 17.5 Å². The molecule has 2 aromatic rings. The maximum absolute atomic E-state index is 12.7. The van der Waals surface area contributed by atoms with Crippen molar-refractivity contribution in [3.63, 3.8) is 0 Å². The van der Waals surface area contributed by atoms with E-state index >= 15 is 0 Å². The van der Waals surface area contributed by atoms with E-state index in [4.69, 9.17) is 0 Å². The van der Waals surface area contributed by atoms with Gasteiger partial charge in [0.05, 0.1) is 5.75 Å². The Labute approximate surface area is 113 Å². The summed E-state index contributed by atoms with van der Waals surface area (Å²) in [5, 5.41) is 7.56. The zero-order chi connectivity index (χ0) is 13.2. The van der Waals surface area contributed by atoms with Crippen LogP contribution in [0.2, 0.25) is 0 Å². The fourth-order valence-electron chi connectivity index (χ4n) is 1.71. The van der Waals surface area contributed by atoms with Crippen molar-refractivity contribution in [2.45, 2.75) is 23.9 Å². The molecule has 0 amide bonds. The fourth-order valence-corrected chi connectivity index (χ4v) is 2.41. The highest BCUT2D eigenvalue weighted by molar-refractivity contribution is 7.99. The van der Waals surface area contributed by atoms with Gasteiger partial charge in [0, 0.05) is 11.5 Å². The van der Waals surface area contributed by atoms with Crippen LogP contribution in [0.1, 0.15) is 34.9 Å². The Morgan fingerprint density at radius 2 is 2.11 bits per heavy atom. The number of carbonyl (C=O) groups is 1. The number of hydrogen-bond donors (Lipinski definition) is 1. The highest BCUT2D eigenvalue weighted by Gasteiger charge is 2.27. The van der Waals surface area contributed by atoms with Gasteiger partial charge < -0.3 is 0 Å². The molecule has 6 heteroatoms. The van der Waals surface area contributed by atoms with E-state index < -0.39 is 0 Å². The lowest BCUT2D eigenvalue weighted by Gasteiger charge is -1.98. The van der Waals surface area contributed by atoms with Crippen LogP contribution in [0.3, 0.4) is 0 Å². The molecule has 1 saturated carbocycles. The third-order valence-electron chi connectivity index (χ3n) is 2.94. The van der Waals surface area contributed by atoms with Crippen LogP contribution in [-0.2, 0) is 0 Å². The average Bonchev–Trinajstić information content (AvgIpc) is 3.16. The Kier molecular flexibility index (Phi) is 3.33. The molecule has 0 unspecified atom stereocenters. The van der Waals surface area contributed by atoms with Crippen molar-refractivity contribution in [1.82, 2.24) is 15.2 Å². The minimum absolute atomic E-state index is 0.0530. The molecule has 1 aromatic heterocycles. The van der Waals surface area contributed by atoms with E-state index in [1.165, 1.54) is 36.0 Å². The number of halogens is 1. The topological polar surface area (TPSA) is 58.6 Å². The van der Waals surface area contributed by atoms with Crippen LogP contribution >= 0.6 is 11.8 Å². The van der Waals surface area contributed by atoms with Crippen LogP contribution in [0.25, 0.3) is 0 Å². The molecule has 0 radical (unpaired) electrons. The van der Waals surface area contributed by atoms with Crippen molar-refractivity contribution in [2.75, 3.05) is 5.75 Å². The van der Waals surface area contributed by atoms with Crippen LogP contribution in [0.15, 0.2) is 29.4 Å². The number of H-pyrrole nitrogens is 1. The van der Waals surface area contributed by atoms with Crippen LogP contribution in [0, 0.1) is 5.82 Å². The number of Topliss-reactive ketones (excluding diaryl/α,β-unsaturated/α-hetero) is 1. The number of aromatic nitrogens is 3. The van der Waals surface area contributed by atoms with Gasteiger partial charge in [-0.1, -0.05) is 11.8 Å². The van der Waals surface area contributed by atoms with Crippen LogP contribution in [0.5, 0.6) is 0 Å². The Morgan fingerprint density at radius 3 is 2.79 bits per heavy atom. The summed E-state index contributed by atoms with van der Waals surface area (Å²) in [6.07, 6.45) is 2.32. The molecule has 1 aromatic carbocycles. The van der Waals surface area contributed by atoms with Crippen LogP contribution in [-0.4, -0.2) is 26.7 Å². The Hall–Kier alpha value is -1.69. The van der Waals surface area contributed by atoms with Crippen molar-refractivity contribution < 1.29 is 9.18 Å². The normalized spacial score (nSPS) is 14.6. The Morgan fingerprint density at radius 1 is 1.37 bits per heavy atom. The summed E-state index contributed by atoms with van der Waals surface area (Å²) in [5.41, 5.74) is 0.506. The lowest BCUT2D eigenvalue weighted by Crippen LogP contribution is -2.02. The van der Waals surface area contributed by atoms with Crippen molar-refractivity contribution in [1.29, 1.82) is 0 Å². The summed E-state index contributed by atoms with van der Waals surface area (Å²) >= 11 is 1.30. The molecule has 0 bridgehead atoms. The molecule has 1 fully saturated rings. The summed E-state index contributed by atoms with van der Waals surface area (Å²) in [6, 6.07) is 5.56. The molecule has 4 nitrogen and oxygen atoms in total. The summed E-state index contributed by atoms with van der Waals surface area (Å²) < 4.78 is 12.7. The number of ketones is 1. The highest BCUT2D eigenvalue weighted by atomic mass is 32.2. The number of thioether (sulfide) groups is 1. The van der Waals surface area contributed by atoms with E-state index in [0.29, 0.717) is 16.6 Å². The number of rotatable bonds is 5. The minimum Gasteiger partial charge on any atom is -0.293 e. The number of carbonyl (C=O) groups excluding carboxylic acids is 1. The Balaban J connectivity index is 1.58. The molecule has 19 heavy (non-hydrogen) atoms. The zero-order valence-corrected chi connectivity index (χ0v) is 10.9. The van der Waals surface area contributed by atoms with E-state index in [1.54, 1.807) is 0 Å². The molecule has 0 atom stereocenters. The fraction of sp³-hybridized carbons (Fsp3) is 0.308. The number of benzene rings is 1. The third-order valence-corrected chi connectivity index (χ3v) is 3.79. The third kappa shape index (κ3) is 3.01. The van der Waals surface area contributed by atoms with Gasteiger partial charge in [-0.25, -0.2) is 9.37 Å². The molecule has 1 aliphatic carbocycles. The number of hydrogen-bond acceptors (Lipinski definition) is 4. The first-order chi connectivity index (χ1) is 9.22. The summed E-state index contributed by atoms with van der Waals surface area (Å²) in [5.74, 6) is 1.30. The maximum Gasteiger partial charge on any atom is 0.208 e. The van der Waals surface area contributed by atoms with E-state index in [-0.39, 0.29) is 17.4 Å². The molecule has 0 aliphatic heterocycles. The van der Waals surface area contributed by atoms with Gasteiger partial charge in [-0.3, -0.25) is 9.89 Å². The van der Waals surface area contributed by atoms with Crippen LogP contribution < -0.4 is 0 Å². The predicted octanol–water partition coefficient (Wildman–Crippen LogP) is 2.80. The molecular weight excluding hydrogens is 265 g/mol. The quantitative estimate of drug-likeness (QED) is 0.674. The molecule has 98 valence electrons. The van der Waals surface area contributed by atoms with Crippen molar-refractivity contribution in [3.05, 3.63) is 41.5 Å². The molecule has 1 aliphatic rings. The largest absolute Gasteiger partial charge is 0.293 e. The Bertz CT molecular complexity index is 592. The van der Waals surface area contributed by atoms with Crippen LogP contribution in [0.4, 0.5) is 4.39 Å². The molecule has 3 rings (SSSR count). The van der Waals surface area contributed by atoms with E-state index in [2.05, 4.69) is 15.2 Å². The number of aromatic amines is 1. The second kappa shape index (κ2) is 5.13. The van der Waals surface area contributed by atoms with Gasteiger partial charge in [-0.15, -0.1) is 5.10 Å². The molecule has 1 heterocycles. The second-order valence-corrected chi connectivity index (χ2v) is 5.44. The molecular formula is C13H12FN3OS. The SMILES string of the molecule is O=C(CSc1n[nH]c(C2CC2)n1)c1ccc(F)cc1. The standard InChI is InChI=1S/C13H12FN3OS/c14-10-5-3-8(4-6-10)11(18)7-19-13-15-12(16-17-13)9-1-2-9/h3-6,9H,1-2,7H2,(H,15,16,17). The first-order valence-electron chi connectivity index (χ1n) is 6.06. The lowest BCUT2D eigenvalue weighted by molar-refractivity contribution is 0.102. The van der Waals surface area contributed by atoms with Gasteiger partial charge in [-0.2, -0.15) is 0 Å². The lowest BCUT2D eigenvalue weighted by atomic mass is 10.1. The summed E-state index contributed by atoms with van der Waals surface area (Å²) in [4.78, 5) is 16.2. The van der Waals surface area contributed by atoms with E-state index in [0.717, 1.165) is 18.7 Å². The first-order valence-corrected chi connectivity index (χ1v) is 7.05. The number of nitrogens with zero attached hydrogens (tertiary/aromatic N) is 2. The average molecular weight is 277 g/mol. The molecule has 0 saturated heterocycles. The van der Waals surface area contributed by atoms with E-state index in [9.17, 15) is 9.18 Å². The smallest absolute Gasteiger partial charge is 0.208 e. The van der Waals surface area contributed by atoms with Gasteiger partial charge >= 0.3 is 0 Å². The summed E-state index contributed by atoms with van der Waals surface area (Å²) in [6.45, 7) is 0. The highest BCUT2D eigenvalue weighted by Crippen LogP contribution is 2.38. The first kappa shape index (κ1) is 12.3. The second-order valence-electron chi connectivity index (χ2n) is 4.50. The number of nitrogens with one attached hydrogen (secondary N) is 1. The molecule has 0 spiro atoms. The zero-order valence-electron chi connectivity index (χ0n) is 10.1. The van der Waals surface area contributed by atoms with Crippen molar-refractivity contribution in [2.24, 2.45) is 0 Å². The van der Waals surface area contributed by atoms with Gasteiger partial charge in [-0.05, 0) is 37.1 Å². The summed E-state index contributed by atoms with van der Waals surface area (Å²) in [7, 11) is 0. The monoisotopic (exact) mass is 277 g/mol. The van der Waals surface area contributed by atoms with Crippen molar-refractivity contribution in [3.8, 4) is 0 Å². The van der Waals surface area contributed by atoms with Gasteiger partial charge in [0.15, 0.2) is 5.78 Å². The van der Waals surface area contributed by atoms with Gasteiger partial charge in [0.2, 0.25) is 5.16 Å². The minimum atomic E-state index is -0.341.